The molecule has 19 heavy (non-hydrogen) atoms. The maximum atomic E-state index is 11.5. The number of unbranched alkanes of at least 4 members (excludes halogenated alkanes) is 1. The molecular formula is C13H22N2O3S. The Morgan fingerprint density at radius 3 is 2.89 bits per heavy atom. The molecule has 0 radical (unpaired) electrons. The lowest BCUT2D eigenvalue weighted by molar-refractivity contribution is 0.0631. The number of aliphatic hydroxyl groups is 1. The Labute approximate surface area is 118 Å². The van der Waals surface area contributed by atoms with Crippen molar-refractivity contribution in [2.24, 2.45) is 0 Å². The van der Waals surface area contributed by atoms with Crippen molar-refractivity contribution in [1.29, 1.82) is 0 Å². The molecule has 0 bridgehead atoms. The molecule has 1 heterocycles. The molecule has 0 unspecified atom stereocenters. The molecule has 1 aromatic heterocycles. The van der Waals surface area contributed by atoms with Gasteiger partial charge >= 0.3 is 6.03 Å². The first-order chi connectivity index (χ1) is 9.06. The van der Waals surface area contributed by atoms with Gasteiger partial charge in [-0.25, -0.2) is 4.79 Å². The second kappa shape index (κ2) is 8.14. The molecule has 3 N–H and O–H groups in total. The lowest BCUT2D eigenvalue weighted by atomic mass is 10.1. The summed E-state index contributed by atoms with van der Waals surface area (Å²) in [5, 5.41) is 17.5. The number of thiophene rings is 1. The standard InChI is InChI=1S/C13H22N2O3S/c1-13(17,11-6-5-9-19-11)10-15-12(16)14-7-3-4-8-18-2/h5-6,9,17H,3-4,7-8,10H2,1-2H3,(H2,14,15,16)/t13-/m0/s1. The summed E-state index contributed by atoms with van der Waals surface area (Å²) in [6, 6.07) is 3.48. The molecule has 0 aliphatic rings. The summed E-state index contributed by atoms with van der Waals surface area (Å²) in [6.07, 6.45) is 1.80. The Morgan fingerprint density at radius 2 is 2.26 bits per heavy atom. The van der Waals surface area contributed by atoms with Crippen LogP contribution in [0, 0.1) is 0 Å². The minimum Gasteiger partial charge on any atom is -0.385 e. The Morgan fingerprint density at radius 1 is 1.47 bits per heavy atom. The number of hydrogen-bond acceptors (Lipinski definition) is 4. The summed E-state index contributed by atoms with van der Waals surface area (Å²) in [5.41, 5.74) is -1.03. The molecular weight excluding hydrogens is 264 g/mol. The number of carbonyl (C=O) groups is 1. The number of ether oxygens (including phenoxy) is 1. The van der Waals surface area contributed by atoms with Gasteiger partial charge in [-0.15, -0.1) is 11.3 Å². The summed E-state index contributed by atoms with van der Waals surface area (Å²) >= 11 is 1.47. The molecule has 0 spiro atoms. The minimum atomic E-state index is -1.03. The monoisotopic (exact) mass is 286 g/mol. The Kier molecular flexibility index (Phi) is 6.83. The van der Waals surface area contributed by atoms with Gasteiger partial charge in [0.2, 0.25) is 0 Å². The quantitative estimate of drug-likeness (QED) is 0.637. The summed E-state index contributed by atoms with van der Waals surface area (Å²) in [5.74, 6) is 0. The third-order valence-electron chi connectivity index (χ3n) is 2.71. The van der Waals surface area contributed by atoms with Gasteiger partial charge in [-0.05, 0) is 31.2 Å². The van der Waals surface area contributed by atoms with Crippen LogP contribution < -0.4 is 10.6 Å². The van der Waals surface area contributed by atoms with Gasteiger partial charge in [0.1, 0.15) is 5.60 Å². The van der Waals surface area contributed by atoms with E-state index in [2.05, 4.69) is 10.6 Å². The van der Waals surface area contributed by atoms with E-state index in [9.17, 15) is 9.90 Å². The number of rotatable bonds is 8. The van der Waals surface area contributed by atoms with E-state index in [-0.39, 0.29) is 12.6 Å². The molecule has 0 fully saturated rings. The summed E-state index contributed by atoms with van der Waals surface area (Å²) in [6.45, 7) is 3.20. The van der Waals surface area contributed by atoms with Crippen molar-refractivity contribution < 1.29 is 14.6 Å². The van der Waals surface area contributed by atoms with E-state index in [1.165, 1.54) is 11.3 Å². The smallest absolute Gasteiger partial charge is 0.314 e. The van der Waals surface area contributed by atoms with E-state index in [1.54, 1.807) is 14.0 Å². The van der Waals surface area contributed by atoms with Gasteiger partial charge < -0.3 is 20.5 Å². The van der Waals surface area contributed by atoms with Gasteiger partial charge in [0.25, 0.3) is 0 Å². The molecule has 0 saturated carbocycles. The van der Waals surface area contributed by atoms with Crippen molar-refractivity contribution >= 4 is 17.4 Å². The van der Waals surface area contributed by atoms with E-state index in [1.807, 2.05) is 17.5 Å². The van der Waals surface area contributed by atoms with Crippen LogP contribution in [0.1, 0.15) is 24.6 Å². The Bertz CT molecular complexity index is 366. The number of methoxy groups -OCH3 is 1. The lowest BCUT2D eigenvalue weighted by Gasteiger charge is -2.22. The zero-order chi connectivity index (χ0) is 14.1. The third-order valence-corrected chi connectivity index (χ3v) is 3.83. The highest BCUT2D eigenvalue weighted by atomic mass is 32.1. The number of hydrogen-bond donors (Lipinski definition) is 3. The van der Waals surface area contributed by atoms with E-state index in [0.29, 0.717) is 13.2 Å². The molecule has 2 amide bonds. The first kappa shape index (κ1) is 15.9. The highest BCUT2D eigenvalue weighted by Crippen LogP contribution is 2.24. The molecule has 1 atom stereocenters. The maximum Gasteiger partial charge on any atom is 0.314 e. The second-order valence-electron chi connectivity index (χ2n) is 4.56. The normalized spacial score (nSPS) is 13.8. The fourth-order valence-corrected chi connectivity index (χ4v) is 2.35. The molecule has 5 nitrogen and oxygen atoms in total. The van der Waals surface area contributed by atoms with Crippen molar-refractivity contribution in [1.82, 2.24) is 10.6 Å². The van der Waals surface area contributed by atoms with Gasteiger partial charge in [0, 0.05) is 25.1 Å². The topological polar surface area (TPSA) is 70.6 Å². The van der Waals surface area contributed by atoms with Crippen LogP contribution in [0.3, 0.4) is 0 Å². The van der Waals surface area contributed by atoms with Crippen LogP contribution in [0.5, 0.6) is 0 Å². The van der Waals surface area contributed by atoms with E-state index >= 15 is 0 Å². The van der Waals surface area contributed by atoms with Crippen molar-refractivity contribution in [2.45, 2.75) is 25.4 Å². The zero-order valence-electron chi connectivity index (χ0n) is 11.4. The minimum absolute atomic E-state index is 0.192. The predicted molar refractivity (Wildman–Crippen MR) is 76.4 cm³/mol. The van der Waals surface area contributed by atoms with Gasteiger partial charge in [-0.1, -0.05) is 6.07 Å². The van der Waals surface area contributed by atoms with Crippen molar-refractivity contribution in [2.75, 3.05) is 26.8 Å². The number of nitrogens with one attached hydrogen (secondary N) is 2. The average molecular weight is 286 g/mol. The van der Waals surface area contributed by atoms with Crippen LogP contribution in [0.25, 0.3) is 0 Å². The highest BCUT2D eigenvalue weighted by molar-refractivity contribution is 7.10. The number of carbonyl (C=O) groups excluding carboxylic acids is 1. The maximum absolute atomic E-state index is 11.5. The number of amides is 2. The first-order valence-electron chi connectivity index (χ1n) is 6.33. The molecule has 6 heteroatoms. The third kappa shape index (κ3) is 6.04. The second-order valence-corrected chi connectivity index (χ2v) is 5.51. The summed E-state index contributed by atoms with van der Waals surface area (Å²) in [7, 11) is 1.66. The lowest BCUT2D eigenvalue weighted by Crippen LogP contribution is -2.43. The van der Waals surface area contributed by atoms with Crippen molar-refractivity contribution in [3.8, 4) is 0 Å². The fourth-order valence-electron chi connectivity index (χ4n) is 1.56. The summed E-state index contributed by atoms with van der Waals surface area (Å²) in [4.78, 5) is 12.4. The first-order valence-corrected chi connectivity index (χ1v) is 7.21. The molecule has 1 rings (SSSR count). The van der Waals surface area contributed by atoms with Crippen LogP contribution in [-0.4, -0.2) is 37.9 Å². The highest BCUT2D eigenvalue weighted by Gasteiger charge is 2.24. The Hall–Kier alpha value is -1.11. The molecule has 0 aromatic carbocycles. The zero-order valence-corrected chi connectivity index (χ0v) is 12.3. The van der Waals surface area contributed by atoms with Crippen molar-refractivity contribution in [3.63, 3.8) is 0 Å². The molecule has 0 aliphatic heterocycles. The van der Waals surface area contributed by atoms with Crippen LogP contribution in [0.4, 0.5) is 4.79 Å². The van der Waals surface area contributed by atoms with E-state index < -0.39 is 5.60 Å². The van der Waals surface area contributed by atoms with Crippen LogP contribution in [-0.2, 0) is 10.3 Å². The van der Waals surface area contributed by atoms with Crippen LogP contribution >= 0.6 is 11.3 Å². The number of urea groups is 1. The van der Waals surface area contributed by atoms with Gasteiger partial charge in [0.15, 0.2) is 0 Å². The summed E-state index contributed by atoms with van der Waals surface area (Å²) < 4.78 is 4.92. The Balaban J connectivity index is 2.19. The van der Waals surface area contributed by atoms with Crippen LogP contribution in [0.2, 0.25) is 0 Å². The molecule has 108 valence electrons. The van der Waals surface area contributed by atoms with Crippen molar-refractivity contribution in [3.05, 3.63) is 22.4 Å². The van der Waals surface area contributed by atoms with Gasteiger partial charge in [0.05, 0.1) is 6.54 Å². The SMILES string of the molecule is COCCCCNC(=O)NC[C@](C)(O)c1cccs1. The molecule has 1 aromatic rings. The van der Waals surface area contributed by atoms with Crippen LogP contribution in [0.15, 0.2) is 17.5 Å². The average Bonchev–Trinajstić information content (AvgIpc) is 2.91. The van der Waals surface area contributed by atoms with E-state index in [4.69, 9.17) is 4.74 Å². The van der Waals surface area contributed by atoms with E-state index in [0.717, 1.165) is 17.7 Å². The fraction of sp³-hybridized carbons (Fsp3) is 0.615. The molecule has 0 aliphatic carbocycles. The van der Waals surface area contributed by atoms with Gasteiger partial charge in [-0.3, -0.25) is 0 Å². The molecule has 0 saturated heterocycles. The largest absolute Gasteiger partial charge is 0.385 e. The predicted octanol–water partition coefficient (Wildman–Crippen LogP) is 1.68. The van der Waals surface area contributed by atoms with Gasteiger partial charge in [-0.2, -0.15) is 0 Å².